The molecule has 0 radical (unpaired) electrons. The van der Waals surface area contributed by atoms with Crippen LogP contribution in [0.2, 0.25) is 0 Å². The SMILES string of the molecule is CC(C)N(CCOc1cccc2ccccc12)C(=S)NCCN(C)C.O=C(O)C=CC(=O)O. The molecule has 0 aliphatic rings. The van der Waals surface area contributed by atoms with Crippen LogP contribution in [0.25, 0.3) is 10.8 Å². The summed E-state index contributed by atoms with van der Waals surface area (Å²) in [5.41, 5.74) is 0. The van der Waals surface area contributed by atoms with Crippen molar-refractivity contribution in [3.8, 4) is 5.75 Å². The highest BCUT2D eigenvalue weighted by Crippen LogP contribution is 2.25. The Bertz CT molecular complexity index is 925. The zero-order valence-electron chi connectivity index (χ0n) is 19.5. The second-order valence-corrected chi connectivity index (χ2v) is 8.04. The van der Waals surface area contributed by atoms with Crippen molar-refractivity contribution in [3.05, 3.63) is 54.6 Å². The number of rotatable bonds is 10. The Morgan fingerprint density at radius 1 is 1.03 bits per heavy atom. The van der Waals surface area contributed by atoms with Crippen molar-refractivity contribution in [3.63, 3.8) is 0 Å². The molecule has 0 bridgehead atoms. The van der Waals surface area contributed by atoms with Crippen LogP contribution in [0.4, 0.5) is 0 Å². The van der Waals surface area contributed by atoms with Gasteiger partial charge < -0.3 is 30.1 Å². The number of ether oxygens (including phenoxy) is 1. The summed E-state index contributed by atoms with van der Waals surface area (Å²) in [7, 11) is 4.12. The van der Waals surface area contributed by atoms with E-state index in [0.29, 0.717) is 24.8 Å². The van der Waals surface area contributed by atoms with Gasteiger partial charge in [-0.05, 0) is 51.6 Å². The number of carboxylic acid groups (broad SMARTS) is 2. The minimum absolute atomic E-state index is 0.329. The first-order chi connectivity index (χ1) is 15.6. The third-order valence-electron chi connectivity index (χ3n) is 4.43. The van der Waals surface area contributed by atoms with Crippen LogP contribution < -0.4 is 10.1 Å². The van der Waals surface area contributed by atoms with E-state index in [2.05, 4.69) is 61.3 Å². The molecule has 0 atom stereocenters. The number of hydrogen-bond acceptors (Lipinski definition) is 5. The molecule has 0 aliphatic carbocycles. The van der Waals surface area contributed by atoms with E-state index in [9.17, 15) is 9.59 Å². The molecule has 33 heavy (non-hydrogen) atoms. The number of likely N-dealkylation sites (N-methyl/N-ethyl adjacent to an activating group) is 1. The minimum atomic E-state index is -1.26. The summed E-state index contributed by atoms with van der Waals surface area (Å²) in [6, 6.07) is 14.8. The van der Waals surface area contributed by atoms with Gasteiger partial charge >= 0.3 is 11.9 Å². The normalized spacial score (nSPS) is 10.7. The minimum Gasteiger partial charge on any atom is -0.491 e. The van der Waals surface area contributed by atoms with Crippen LogP contribution >= 0.6 is 12.2 Å². The molecule has 2 aromatic carbocycles. The van der Waals surface area contributed by atoms with E-state index in [1.165, 1.54) is 5.39 Å². The predicted molar refractivity (Wildman–Crippen MR) is 135 cm³/mol. The second kappa shape index (κ2) is 14.8. The van der Waals surface area contributed by atoms with Gasteiger partial charge in [-0.3, -0.25) is 0 Å². The zero-order valence-corrected chi connectivity index (χ0v) is 20.3. The monoisotopic (exact) mass is 475 g/mol. The van der Waals surface area contributed by atoms with Crippen LogP contribution in [0.5, 0.6) is 5.75 Å². The summed E-state index contributed by atoms with van der Waals surface area (Å²) in [4.78, 5) is 23.4. The van der Waals surface area contributed by atoms with Crippen LogP contribution in [0.1, 0.15) is 13.8 Å². The van der Waals surface area contributed by atoms with E-state index in [-0.39, 0.29) is 0 Å². The highest BCUT2D eigenvalue weighted by molar-refractivity contribution is 7.80. The summed E-state index contributed by atoms with van der Waals surface area (Å²) in [6.45, 7) is 7.46. The van der Waals surface area contributed by atoms with Gasteiger partial charge in [0, 0.05) is 36.7 Å². The van der Waals surface area contributed by atoms with Gasteiger partial charge in [0.15, 0.2) is 5.11 Å². The first-order valence-corrected chi connectivity index (χ1v) is 11.0. The molecule has 2 aromatic rings. The smallest absolute Gasteiger partial charge is 0.328 e. The van der Waals surface area contributed by atoms with E-state index in [4.69, 9.17) is 27.2 Å². The summed E-state index contributed by atoms with van der Waals surface area (Å²) < 4.78 is 6.06. The fourth-order valence-electron chi connectivity index (χ4n) is 2.80. The third kappa shape index (κ3) is 11.3. The number of carbonyl (C=O) groups is 2. The van der Waals surface area contributed by atoms with Gasteiger partial charge in [0.05, 0.1) is 6.54 Å². The topological polar surface area (TPSA) is 102 Å². The maximum absolute atomic E-state index is 9.55. The Hall–Kier alpha value is -3.17. The first-order valence-electron chi connectivity index (χ1n) is 10.6. The second-order valence-electron chi connectivity index (χ2n) is 7.66. The molecule has 2 rings (SSSR count). The summed E-state index contributed by atoms with van der Waals surface area (Å²) in [6.07, 6.45) is 1.12. The van der Waals surface area contributed by atoms with Crippen LogP contribution in [0, 0.1) is 0 Å². The highest BCUT2D eigenvalue weighted by Gasteiger charge is 2.13. The number of hydrogen-bond donors (Lipinski definition) is 3. The Kier molecular flexibility index (Phi) is 12.5. The lowest BCUT2D eigenvalue weighted by Crippen LogP contribution is -2.47. The lowest BCUT2D eigenvalue weighted by atomic mass is 10.1. The number of thiocarbonyl (C=S) groups is 1. The first kappa shape index (κ1) is 27.9. The van der Waals surface area contributed by atoms with Gasteiger partial charge in [0.1, 0.15) is 12.4 Å². The maximum Gasteiger partial charge on any atom is 0.328 e. The molecule has 0 amide bonds. The molecule has 9 heteroatoms. The molecule has 0 unspecified atom stereocenters. The molecule has 0 saturated heterocycles. The molecule has 180 valence electrons. The fourth-order valence-corrected chi connectivity index (χ4v) is 3.20. The standard InChI is InChI=1S/C20H29N3OS.C4H4O4/c1-16(2)23(20(25)21-12-13-22(3)4)14-15-24-19-11-7-9-17-8-5-6-10-18(17)19;5-3(6)1-2-4(7)8/h5-11,16H,12-15H2,1-4H3,(H,21,25);1-2H,(H,5,6)(H,7,8). The van der Waals surface area contributed by atoms with Crippen molar-refractivity contribution < 1.29 is 24.5 Å². The van der Waals surface area contributed by atoms with Crippen molar-refractivity contribution >= 4 is 40.0 Å². The van der Waals surface area contributed by atoms with Gasteiger partial charge in [-0.2, -0.15) is 0 Å². The molecular weight excluding hydrogens is 442 g/mol. The third-order valence-corrected chi connectivity index (χ3v) is 4.81. The Morgan fingerprint density at radius 2 is 1.64 bits per heavy atom. The summed E-state index contributed by atoms with van der Waals surface area (Å²) >= 11 is 5.55. The van der Waals surface area contributed by atoms with Crippen molar-refractivity contribution in [2.24, 2.45) is 0 Å². The molecule has 0 aliphatic heterocycles. The summed E-state index contributed by atoms with van der Waals surface area (Å²) in [5, 5.41) is 22.1. The molecule has 3 N–H and O–H groups in total. The zero-order chi connectivity index (χ0) is 24.8. The van der Waals surface area contributed by atoms with Crippen molar-refractivity contribution in [2.75, 3.05) is 40.3 Å². The molecule has 0 heterocycles. The predicted octanol–water partition coefficient (Wildman–Crippen LogP) is 3.08. The van der Waals surface area contributed by atoms with Crippen LogP contribution in [0.15, 0.2) is 54.6 Å². The number of fused-ring (bicyclic) bond motifs is 1. The Morgan fingerprint density at radius 3 is 2.21 bits per heavy atom. The van der Waals surface area contributed by atoms with E-state index in [0.717, 1.165) is 35.9 Å². The molecular formula is C24H33N3O5S. The van der Waals surface area contributed by atoms with Crippen molar-refractivity contribution in [2.45, 2.75) is 19.9 Å². The van der Waals surface area contributed by atoms with Gasteiger partial charge in [-0.1, -0.05) is 36.4 Å². The number of aliphatic carboxylic acids is 2. The van der Waals surface area contributed by atoms with Crippen LogP contribution in [-0.4, -0.2) is 83.4 Å². The van der Waals surface area contributed by atoms with Gasteiger partial charge in [-0.15, -0.1) is 0 Å². The Labute approximate surface area is 200 Å². The molecule has 0 fully saturated rings. The molecule has 8 nitrogen and oxygen atoms in total. The Balaban J connectivity index is 0.000000582. The van der Waals surface area contributed by atoms with Crippen molar-refractivity contribution in [1.82, 2.24) is 15.1 Å². The molecule has 0 saturated carbocycles. The quantitative estimate of drug-likeness (QED) is 0.353. The largest absolute Gasteiger partial charge is 0.491 e. The molecule has 0 spiro atoms. The van der Waals surface area contributed by atoms with E-state index < -0.39 is 11.9 Å². The fraction of sp³-hybridized carbons (Fsp3) is 0.375. The average Bonchev–Trinajstić information content (AvgIpc) is 2.75. The van der Waals surface area contributed by atoms with E-state index >= 15 is 0 Å². The van der Waals surface area contributed by atoms with Gasteiger partial charge in [0.2, 0.25) is 0 Å². The van der Waals surface area contributed by atoms with Crippen LogP contribution in [0.3, 0.4) is 0 Å². The average molecular weight is 476 g/mol. The number of nitrogens with zero attached hydrogens (tertiary/aromatic N) is 2. The highest BCUT2D eigenvalue weighted by atomic mass is 32.1. The summed E-state index contributed by atoms with van der Waals surface area (Å²) in [5.74, 6) is -1.59. The lowest BCUT2D eigenvalue weighted by molar-refractivity contribution is -0.134. The lowest BCUT2D eigenvalue weighted by Gasteiger charge is -2.30. The van der Waals surface area contributed by atoms with Crippen LogP contribution in [-0.2, 0) is 9.59 Å². The number of carboxylic acids is 2. The molecule has 0 aromatic heterocycles. The maximum atomic E-state index is 9.55. The van der Waals surface area contributed by atoms with E-state index in [1.54, 1.807) is 0 Å². The van der Waals surface area contributed by atoms with Gasteiger partial charge in [0.25, 0.3) is 0 Å². The van der Waals surface area contributed by atoms with Gasteiger partial charge in [-0.25, -0.2) is 9.59 Å². The van der Waals surface area contributed by atoms with Crippen molar-refractivity contribution in [1.29, 1.82) is 0 Å². The van der Waals surface area contributed by atoms with E-state index in [1.807, 2.05) is 24.3 Å². The number of nitrogens with one attached hydrogen (secondary N) is 1. The number of benzene rings is 2.